The molecule has 6 heteroatoms. The summed E-state index contributed by atoms with van der Waals surface area (Å²) in [5.41, 5.74) is 2.82. The number of carbonyl (C=O) groups excluding carboxylic acids is 1. The molecular weight excluding hydrogens is 340 g/mol. The summed E-state index contributed by atoms with van der Waals surface area (Å²) in [6.07, 6.45) is 4.28. The zero-order valence-electron chi connectivity index (χ0n) is 15.6. The standard InChI is InChI=1S/C21H24N4O2/c1-24(13-12-21(26)23-19-10-6-7-11-20(19)27-2)15-17-14-22-25(16-17)18-8-4-3-5-9-18/h3-11,14,16H,12-13,15H2,1-2H3,(H,23,26). The minimum atomic E-state index is -0.0358. The van der Waals surface area contributed by atoms with Crippen LogP contribution >= 0.6 is 0 Å². The van der Waals surface area contributed by atoms with Crippen LogP contribution in [0.4, 0.5) is 5.69 Å². The molecule has 0 aliphatic carbocycles. The second-order valence-electron chi connectivity index (χ2n) is 6.36. The number of aromatic nitrogens is 2. The number of nitrogens with one attached hydrogen (secondary N) is 1. The highest BCUT2D eigenvalue weighted by atomic mass is 16.5. The maximum atomic E-state index is 12.2. The van der Waals surface area contributed by atoms with Crippen LogP contribution in [0.15, 0.2) is 67.0 Å². The van der Waals surface area contributed by atoms with Crippen molar-refractivity contribution in [1.29, 1.82) is 0 Å². The van der Waals surface area contributed by atoms with Gasteiger partial charge in [0.15, 0.2) is 0 Å². The molecule has 1 aromatic heterocycles. The Morgan fingerprint density at radius 3 is 2.67 bits per heavy atom. The molecule has 0 unspecified atom stereocenters. The average Bonchev–Trinajstić information content (AvgIpc) is 3.16. The Labute approximate surface area is 159 Å². The molecule has 6 nitrogen and oxygen atoms in total. The maximum absolute atomic E-state index is 12.2. The first-order valence-corrected chi connectivity index (χ1v) is 8.86. The molecule has 0 aliphatic rings. The van der Waals surface area contributed by atoms with Gasteiger partial charge < -0.3 is 15.0 Å². The minimum absolute atomic E-state index is 0.0358. The van der Waals surface area contributed by atoms with Crippen LogP contribution < -0.4 is 10.1 Å². The van der Waals surface area contributed by atoms with E-state index in [1.165, 1.54) is 0 Å². The van der Waals surface area contributed by atoms with Crippen LogP contribution in [0.2, 0.25) is 0 Å². The van der Waals surface area contributed by atoms with Crippen LogP contribution in [-0.4, -0.2) is 41.3 Å². The number of benzene rings is 2. The third-order valence-electron chi connectivity index (χ3n) is 4.21. The van der Waals surface area contributed by atoms with Crippen molar-refractivity contribution in [2.24, 2.45) is 0 Å². The summed E-state index contributed by atoms with van der Waals surface area (Å²) >= 11 is 0. The molecular formula is C21H24N4O2. The van der Waals surface area contributed by atoms with Gasteiger partial charge >= 0.3 is 0 Å². The molecule has 0 saturated carbocycles. The zero-order valence-corrected chi connectivity index (χ0v) is 15.6. The number of anilines is 1. The van der Waals surface area contributed by atoms with E-state index in [1.807, 2.05) is 78.7 Å². The third kappa shape index (κ3) is 5.18. The van der Waals surface area contributed by atoms with Gasteiger partial charge in [0.1, 0.15) is 5.75 Å². The summed E-state index contributed by atoms with van der Waals surface area (Å²) < 4.78 is 7.11. The van der Waals surface area contributed by atoms with Crippen molar-refractivity contribution >= 4 is 11.6 Å². The van der Waals surface area contributed by atoms with Gasteiger partial charge in [-0.15, -0.1) is 0 Å². The van der Waals surface area contributed by atoms with Gasteiger partial charge in [-0.2, -0.15) is 5.10 Å². The van der Waals surface area contributed by atoms with Crippen LogP contribution in [0.3, 0.4) is 0 Å². The second-order valence-corrected chi connectivity index (χ2v) is 6.36. The maximum Gasteiger partial charge on any atom is 0.225 e. The molecule has 1 heterocycles. The van der Waals surface area contributed by atoms with Gasteiger partial charge in [0, 0.05) is 31.3 Å². The molecule has 2 aromatic carbocycles. The van der Waals surface area contributed by atoms with Crippen LogP contribution in [0.25, 0.3) is 5.69 Å². The van der Waals surface area contributed by atoms with Crippen molar-refractivity contribution in [2.45, 2.75) is 13.0 Å². The van der Waals surface area contributed by atoms with E-state index in [1.54, 1.807) is 7.11 Å². The molecule has 0 spiro atoms. The van der Waals surface area contributed by atoms with Gasteiger partial charge in [-0.1, -0.05) is 30.3 Å². The molecule has 3 aromatic rings. The Kier molecular flexibility index (Phi) is 6.22. The molecule has 0 bridgehead atoms. The Morgan fingerprint density at radius 1 is 1.15 bits per heavy atom. The first-order chi connectivity index (χ1) is 13.2. The first kappa shape index (κ1) is 18.7. The van der Waals surface area contributed by atoms with E-state index in [9.17, 15) is 4.79 Å². The summed E-state index contributed by atoms with van der Waals surface area (Å²) in [4.78, 5) is 14.3. The quantitative estimate of drug-likeness (QED) is 0.666. The van der Waals surface area contributed by atoms with Crippen molar-refractivity contribution in [3.8, 4) is 11.4 Å². The van der Waals surface area contributed by atoms with Crippen molar-refractivity contribution in [2.75, 3.05) is 26.0 Å². The molecule has 0 fully saturated rings. The lowest BCUT2D eigenvalue weighted by Gasteiger charge is -2.15. The van der Waals surface area contributed by atoms with Gasteiger partial charge in [-0.3, -0.25) is 4.79 Å². The highest BCUT2D eigenvalue weighted by Gasteiger charge is 2.09. The smallest absolute Gasteiger partial charge is 0.225 e. The SMILES string of the molecule is COc1ccccc1NC(=O)CCN(C)Cc1cnn(-c2ccccc2)c1. The fourth-order valence-corrected chi connectivity index (χ4v) is 2.81. The lowest BCUT2D eigenvalue weighted by atomic mass is 10.2. The van der Waals surface area contributed by atoms with Crippen LogP contribution in [0.5, 0.6) is 5.75 Å². The predicted octanol–water partition coefficient (Wildman–Crippen LogP) is 3.34. The molecule has 0 atom stereocenters. The number of hydrogen-bond donors (Lipinski definition) is 1. The summed E-state index contributed by atoms with van der Waals surface area (Å²) in [7, 11) is 3.59. The fraction of sp³-hybridized carbons (Fsp3) is 0.238. The van der Waals surface area contributed by atoms with Gasteiger partial charge in [0.25, 0.3) is 0 Å². The van der Waals surface area contributed by atoms with E-state index in [-0.39, 0.29) is 5.91 Å². The van der Waals surface area contributed by atoms with E-state index < -0.39 is 0 Å². The van der Waals surface area contributed by atoms with E-state index >= 15 is 0 Å². The lowest BCUT2D eigenvalue weighted by Crippen LogP contribution is -2.24. The molecule has 1 N–H and O–H groups in total. The van der Waals surface area contributed by atoms with E-state index in [0.29, 0.717) is 24.4 Å². The van der Waals surface area contributed by atoms with Gasteiger partial charge in [0.2, 0.25) is 5.91 Å². The second kappa shape index (κ2) is 9.00. The normalized spacial score (nSPS) is 10.8. The number of ether oxygens (including phenoxy) is 1. The topological polar surface area (TPSA) is 59.4 Å². The summed E-state index contributed by atoms with van der Waals surface area (Å²) in [5.74, 6) is 0.624. The van der Waals surface area contributed by atoms with Gasteiger partial charge in [-0.25, -0.2) is 4.68 Å². The van der Waals surface area contributed by atoms with Gasteiger partial charge in [0.05, 0.1) is 24.7 Å². The highest BCUT2D eigenvalue weighted by molar-refractivity contribution is 5.92. The summed E-state index contributed by atoms with van der Waals surface area (Å²) in [6, 6.07) is 17.4. The average molecular weight is 364 g/mol. The van der Waals surface area contributed by atoms with E-state index in [0.717, 1.165) is 17.8 Å². The Hall–Kier alpha value is -3.12. The number of amides is 1. The van der Waals surface area contributed by atoms with E-state index in [4.69, 9.17) is 4.74 Å². The van der Waals surface area contributed by atoms with Gasteiger partial charge in [-0.05, 0) is 31.3 Å². The molecule has 27 heavy (non-hydrogen) atoms. The Balaban J connectivity index is 1.49. The van der Waals surface area contributed by atoms with Crippen LogP contribution in [0, 0.1) is 0 Å². The number of rotatable bonds is 8. The largest absolute Gasteiger partial charge is 0.495 e. The minimum Gasteiger partial charge on any atom is -0.495 e. The first-order valence-electron chi connectivity index (χ1n) is 8.86. The van der Waals surface area contributed by atoms with Crippen LogP contribution in [-0.2, 0) is 11.3 Å². The molecule has 0 aliphatic heterocycles. The Bertz CT molecular complexity index is 877. The molecule has 1 amide bonds. The summed E-state index contributed by atoms with van der Waals surface area (Å²) in [6.45, 7) is 1.38. The molecule has 140 valence electrons. The highest BCUT2D eigenvalue weighted by Crippen LogP contribution is 2.23. The summed E-state index contributed by atoms with van der Waals surface area (Å²) in [5, 5.41) is 7.31. The number of nitrogens with zero attached hydrogens (tertiary/aromatic N) is 3. The molecule has 0 radical (unpaired) electrons. The van der Waals surface area contributed by atoms with E-state index in [2.05, 4.69) is 15.3 Å². The number of carbonyl (C=O) groups is 1. The molecule has 3 rings (SSSR count). The van der Waals surface area contributed by atoms with Crippen molar-refractivity contribution < 1.29 is 9.53 Å². The Morgan fingerprint density at radius 2 is 1.89 bits per heavy atom. The fourth-order valence-electron chi connectivity index (χ4n) is 2.81. The van der Waals surface area contributed by atoms with Crippen molar-refractivity contribution in [3.05, 3.63) is 72.6 Å². The van der Waals surface area contributed by atoms with Crippen molar-refractivity contribution in [3.63, 3.8) is 0 Å². The third-order valence-corrected chi connectivity index (χ3v) is 4.21. The number of hydrogen-bond acceptors (Lipinski definition) is 4. The lowest BCUT2D eigenvalue weighted by molar-refractivity contribution is -0.116. The van der Waals surface area contributed by atoms with Crippen molar-refractivity contribution in [1.82, 2.24) is 14.7 Å². The van der Waals surface area contributed by atoms with Crippen LogP contribution in [0.1, 0.15) is 12.0 Å². The monoisotopic (exact) mass is 364 g/mol. The number of para-hydroxylation sites is 3. The predicted molar refractivity (Wildman–Crippen MR) is 106 cm³/mol. The zero-order chi connectivity index (χ0) is 19.1. The molecule has 0 saturated heterocycles. The number of methoxy groups -OCH3 is 1.